The fourth-order valence-electron chi connectivity index (χ4n) is 4.75. The normalized spacial score (nSPS) is 18.6. The Hall–Kier alpha value is -3.38. The first-order valence-electron chi connectivity index (χ1n) is 12.3. The van der Waals surface area contributed by atoms with Gasteiger partial charge in [-0.2, -0.15) is 0 Å². The summed E-state index contributed by atoms with van der Waals surface area (Å²) < 4.78 is 5.45. The smallest absolute Gasteiger partial charge is 0.244 e. The van der Waals surface area contributed by atoms with Gasteiger partial charge in [0, 0.05) is 43.7 Å². The van der Waals surface area contributed by atoms with E-state index in [-0.39, 0.29) is 23.8 Å². The van der Waals surface area contributed by atoms with Gasteiger partial charge in [-0.05, 0) is 42.7 Å². The Morgan fingerprint density at radius 2 is 1.77 bits per heavy atom. The van der Waals surface area contributed by atoms with Crippen LogP contribution in [0, 0.1) is 12.8 Å². The van der Waals surface area contributed by atoms with Crippen molar-refractivity contribution in [2.75, 3.05) is 13.1 Å². The maximum Gasteiger partial charge on any atom is 0.244 e. The Labute approximate surface area is 207 Å². The van der Waals surface area contributed by atoms with Gasteiger partial charge >= 0.3 is 0 Å². The monoisotopic (exact) mass is 473 g/mol. The second kappa shape index (κ2) is 10.9. The van der Waals surface area contributed by atoms with Crippen molar-refractivity contribution < 1.29 is 14.0 Å². The molecule has 184 valence electrons. The molecule has 0 saturated carbocycles. The molecule has 35 heavy (non-hydrogen) atoms. The number of nitrogens with one attached hydrogen (secondary N) is 1. The van der Waals surface area contributed by atoms with E-state index in [1.165, 1.54) is 11.1 Å². The van der Waals surface area contributed by atoms with Crippen molar-refractivity contribution >= 4 is 11.8 Å². The minimum Gasteiger partial charge on any atom is -0.464 e. The second-order valence-corrected chi connectivity index (χ2v) is 9.78. The van der Waals surface area contributed by atoms with Gasteiger partial charge in [0.1, 0.15) is 11.8 Å². The molecule has 1 saturated heterocycles. The number of carbonyl (C=O) groups excluding carboxylic acids is 2. The zero-order valence-electron chi connectivity index (χ0n) is 21.0. The fraction of sp³-hybridized carbons (Fsp3) is 0.379. The summed E-state index contributed by atoms with van der Waals surface area (Å²) in [5, 5.41) is 3.08. The molecule has 2 atom stereocenters. The number of rotatable bonds is 7. The van der Waals surface area contributed by atoms with Gasteiger partial charge in [0.25, 0.3) is 0 Å². The summed E-state index contributed by atoms with van der Waals surface area (Å²) in [6.45, 7) is 10.4. The van der Waals surface area contributed by atoms with Crippen molar-refractivity contribution in [1.82, 2.24) is 15.1 Å². The van der Waals surface area contributed by atoms with Gasteiger partial charge in [0.15, 0.2) is 0 Å². The van der Waals surface area contributed by atoms with E-state index >= 15 is 0 Å². The van der Waals surface area contributed by atoms with Crippen LogP contribution in [-0.4, -0.2) is 46.8 Å². The number of hydrogen-bond donors (Lipinski definition) is 1. The molecule has 2 unspecified atom stereocenters. The zero-order valence-corrected chi connectivity index (χ0v) is 21.0. The van der Waals surface area contributed by atoms with E-state index in [9.17, 15) is 9.59 Å². The molecule has 6 nitrogen and oxygen atoms in total. The Balaban J connectivity index is 1.46. The van der Waals surface area contributed by atoms with Crippen molar-refractivity contribution in [2.45, 2.75) is 52.9 Å². The standard InChI is InChI=1S/C29H35N3O3/c1-20(2)29(34)32-22(4)17-31(18-25-9-6-5-8-21(25)3)19-26(32)28(33)30-16-23-11-13-24(14-12-23)27-10-7-15-35-27/h5-15,20,22,26H,16-19H2,1-4H3,(H,30,33). The third-order valence-electron chi connectivity index (χ3n) is 6.70. The molecular weight excluding hydrogens is 438 g/mol. The summed E-state index contributed by atoms with van der Waals surface area (Å²) in [6, 6.07) is 19.5. The highest BCUT2D eigenvalue weighted by Crippen LogP contribution is 2.23. The summed E-state index contributed by atoms with van der Waals surface area (Å²) in [4.78, 5) is 30.6. The molecule has 4 rings (SSSR count). The van der Waals surface area contributed by atoms with Gasteiger partial charge in [-0.1, -0.05) is 62.4 Å². The van der Waals surface area contributed by atoms with Crippen molar-refractivity contribution in [1.29, 1.82) is 0 Å². The van der Waals surface area contributed by atoms with Crippen LogP contribution in [0.25, 0.3) is 11.3 Å². The van der Waals surface area contributed by atoms with Gasteiger partial charge < -0.3 is 14.6 Å². The van der Waals surface area contributed by atoms with Gasteiger partial charge in [-0.15, -0.1) is 0 Å². The molecule has 1 aliphatic rings. The van der Waals surface area contributed by atoms with E-state index in [1.54, 1.807) is 11.2 Å². The zero-order chi connectivity index (χ0) is 24.9. The number of carbonyl (C=O) groups is 2. The first-order chi connectivity index (χ1) is 16.8. The van der Waals surface area contributed by atoms with Crippen LogP contribution in [0.1, 0.15) is 37.5 Å². The Morgan fingerprint density at radius 1 is 1.03 bits per heavy atom. The summed E-state index contributed by atoms with van der Waals surface area (Å²) in [5.74, 6) is 0.560. The molecule has 1 aromatic heterocycles. The lowest BCUT2D eigenvalue weighted by molar-refractivity contribution is -0.150. The Kier molecular flexibility index (Phi) is 7.71. The maximum atomic E-state index is 13.4. The molecule has 0 radical (unpaired) electrons. The third kappa shape index (κ3) is 5.82. The highest BCUT2D eigenvalue weighted by Gasteiger charge is 2.40. The molecule has 1 N–H and O–H groups in total. The summed E-state index contributed by atoms with van der Waals surface area (Å²) >= 11 is 0. The number of hydrogen-bond acceptors (Lipinski definition) is 4. The summed E-state index contributed by atoms with van der Waals surface area (Å²) in [5.41, 5.74) is 4.47. The van der Waals surface area contributed by atoms with Crippen molar-refractivity contribution in [3.63, 3.8) is 0 Å². The molecule has 2 heterocycles. The maximum absolute atomic E-state index is 13.4. The van der Waals surface area contributed by atoms with Crippen LogP contribution in [0.3, 0.4) is 0 Å². The van der Waals surface area contributed by atoms with Crippen LogP contribution >= 0.6 is 0 Å². The minimum atomic E-state index is -0.528. The second-order valence-electron chi connectivity index (χ2n) is 9.78. The Bertz CT molecular complexity index is 1140. The van der Waals surface area contributed by atoms with E-state index in [1.807, 2.05) is 69.3 Å². The molecule has 0 bridgehead atoms. The SMILES string of the molecule is Cc1ccccc1CN1CC(C)N(C(=O)C(C)C)C(C(=O)NCc2ccc(-c3ccco3)cc2)C1. The predicted octanol–water partition coefficient (Wildman–Crippen LogP) is 4.63. The molecule has 1 fully saturated rings. The number of aryl methyl sites for hydroxylation is 1. The Morgan fingerprint density at radius 3 is 2.43 bits per heavy atom. The van der Waals surface area contributed by atoms with Crippen molar-refractivity contribution in [3.05, 3.63) is 83.6 Å². The highest BCUT2D eigenvalue weighted by molar-refractivity contribution is 5.89. The van der Waals surface area contributed by atoms with Crippen LogP contribution in [0.2, 0.25) is 0 Å². The van der Waals surface area contributed by atoms with Crippen molar-refractivity contribution in [3.8, 4) is 11.3 Å². The molecule has 0 spiro atoms. The van der Waals surface area contributed by atoms with Crippen molar-refractivity contribution in [2.24, 2.45) is 5.92 Å². The number of benzene rings is 2. The van der Waals surface area contributed by atoms with Gasteiger partial charge in [0.2, 0.25) is 11.8 Å². The minimum absolute atomic E-state index is 0.0241. The number of furan rings is 1. The van der Waals surface area contributed by atoms with Crippen LogP contribution in [0.5, 0.6) is 0 Å². The summed E-state index contributed by atoms with van der Waals surface area (Å²) in [6.07, 6.45) is 1.65. The van der Waals surface area contributed by atoms with Gasteiger partial charge in [0.05, 0.1) is 6.26 Å². The average molecular weight is 474 g/mol. The lowest BCUT2D eigenvalue weighted by Crippen LogP contribution is -2.64. The number of piperazine rings is 1. The van der Waals surface area contributed by atoms with E-state index in [2.05, 4.69) is 29.3 Å². The van der Waals surface area contributed by atoms with Crippen LogP contribution in [0.4, 0.5) is 0 Å². The predicted molar refractivity (Wildman–Crippen MR) is 137 cm³/mol. The molecule has 0 aliphatic carbocycles. The molecule has 2 aromatic carbocycles. The quantitative estimate of drug-likeness (QED) is 0.543. The van der Waals surface area contributed by atoms with E-state index < -0.39 is 6.04 Å². The van der Waals surface area contributed by atoms with E-state index in [0.717, 1.165) is 30.0 Å². The molecule has 2 amide bonds. The van der Waals surface area contributed by atoms with Gasteiger partial charge in [-0.25, -0.2) is 0 Å². The number of nitrogens with zero attached hydrogens (tertiary/aromatic N) is 2. The number of amides is 2. The lowest BCUT2D eigenvalue weighted by Gasteiger charge is -2.45. The topological polar surface area (TPSA) is 65.8 Å². The third-order valence-corrected chi connectivity index (χ3v) is 6.70. The van der Waals surface area contributed by atoms with Gasteiger partial charge in [-0.3, -0.25) is 14.5 Å². The van der Waals surface area contributed by atoms with Crippen LogP contribution in [-0.2, 0) is 22.7 Å². The largest absolute Gasteiger partial charge is 0.464 e. The first kappa shape index (κ1) is 24.7. The molecular formula is C29H35N3O3. The lowest BCUT2D eigenvalue weighted by atomic mass is 10.0. The average Bonchev–Trinajstić information content (AvgIpc) is 3.38. The van der Waals surface area contributed by atoms with E-state index in [4.69, 9.17) is 4.42 Å². The van der Waals surface area contributed by atoms with Crippen LogP contribution in [0.15, 0.2) is 71.3 Å². The first-order valence-corrected chi connectivity index (χ1v) is 12.3. The molecule has 6 heteroatoms. The highest BCUT2D eigenvalue weighted by atomic mass is 16.3. The van der Waals surface area contributed by atoms with E-state index in [0.29, 0.717) is 13.1 Å². The summed E-state index contributed by atoms with van der Waals surface area (Å²) in [7, 11) is 0. The fourth-order valence-corrected chi connectivity index (χ4v) is 4.75. The molecule has 3 aromatic rings. The van der Waals surface area contributed by atoms with Crippen LogP contribution < -0.4 is 5.32 Å². The molecule has 1 aliphatic heterocycles.